The summed E-state index contributed by atoms with van der Waals surface area (Å²) in [5, 5.41) is 8.90. The largest absolute Gasteiger partial charge is 0.497 e. The summed E-state index contributed by atoms with van der Waals surface area (Å²) in [6.07, 6.45) is 2.34. The summed E-state index contributed by atoms with van der Waals surface area (Å²) in [5.41, 5.74) is 0.800. The zero-order valence-electron chi connectivity index (χ0n) is 9.77. The van der Waals surface area contributed by atoms with Crippen molar-refractivity contribution < 1.29 is 9.47 Å². The maximum Gasteiger partial charge on any atom is 0.124 e. The van der Waals surface area contributed by atoms with E-state index >= 15 is 0 Å². The van der Waals surface area contributed by atoms with Crippen molar-refractivity contribution in [3.63, 3.8) is 0 Å². The maximum absolute atomic E-state index is 8.90. The van der Waals surface area contributed by atoms with Crippen molar-refractivity contribution in [2.24, 2.45) is 5.41 Å². The number of hydrogen-bond acceptors (Lipinski definition) is 4. The molecule has 1 fully saturated rings. The van der Waals surface area contributed by atoms with E-state index < -0.39 is 0 Å². The Balaban J connectivity index is 2.07. The Morgan fingerprint density at radius 3 is 2.59 bits per heavy atom. The van der Waals surface area contributed by atoms with Gasteiger partial charge in [-0.2, -0.15) is 17.9 Å². The Morgan fingerprint density at radius 2 is 2.06 bits per heavy atom. The van der Waals surface area contributed by atoms with Gasteiger partial charge in [-0.15, -0.1) is 0 Å². The average Bonchev–Trinajstić information content (AvgIpc) is 3.16. The van der Waals surface area contributed by atoms with Gasteiger partial charge in [0.15, 0.2) is 0 Å². The number of ether oxygens (including phenoxy) is 2. The van der Waals surface area contributed by atoms with Crippen molar-refractivity contribution in [2.75, 3.05) is 19.5 Å². The van der Waals surface area contributed by atoms with E-state index in [2.05, 4.69) is 18.7 Å². The van der Waals surface area contributed by atoms with E-state index in [0.717, 1.165) is 5.75 Å². The normalized spacial score (nSPS) is 16.1. The van der Waals surface area contributed by atoms with Gasteiger partial charge in [0.05, 0.1) is 25.3 Å². The molecule has 1 aromatic carbocycles. The Kier molecular flexibility index (Phi) is 3.49. The molecule has 0 unspecified atom stereocenters. The zero-order chi connectivity index (χ0) is 12.3. The lowest BCUT2D eigenvalue weighted by Gasteiger charge is -2.14. The third-order valence-electron chi connectivity index (χ3n) is 3.08. The number of nitrogens with zero attached hydrogens (tertiary/aromatic N) is 1. The van der Waals surface area contributed by atoms with Gasteiger partial charge in [0, 0.05) is 11.5 Å². The molecule has 1 aliphatic carbocycles. The summed E-state index contributed by atoms with van der Waals surface area (Å²) < 4.78 is 10.9. The molecule has 1 aliphatic rings. The summed E-state index contributed by atoms with van der Waals surface area (Å²) >= 11 is 4.33. The molecule has 1 saturated carbocycles. The molecule has 0 amide bonds. The number of hydrogen-bond donors (Lipinski definition) is 1. The first-order chi connectivity index (χ1) is 8.21. The van der Waals surface area contributed by atoms with Crippen LogP contribution in [0.1, 0.15) is 18.4 Å². The van der Waals surface area contributed by atoms with Crippen molar-refractivity contribution in [3.8, 4) is 17.6 Å². The van der Waals surface area contributed by atoms with Crippen LogP contribution in [0.15, 0.2) is 18.2 Å². The van der Waals surface area contributed by atoms with Crippen molar-refractivity contribution in [1.29, 1.82) is 5.26 Å². The second kappa shape index (κ2) is 4.89. The van der Waals surface area contributed by atoms with Gasteiger partial charge in [-0.3, -0.25) is 0 Å². The topological polar surface area (TPSA) is 42.2 Å². The molecule has 4 heteroatoms. The maximum atomic E-state index is 8.90. The van der Waals surface area contributed by atoms with E-state index in [0.29, 0.717) is 23.7 Å². The van der Waals surface area contributed by atoms with Gasteiger partial charge in [0.25, 0.3) is 0 Å². The predicted octanol–water partition coefficient (Wildman–Crippen LogP) is 2.66. The fourth-order valence-corrected chi connectivity index (χ4v) is 2.01. The molecule has 3 nitrogen and oxygen atoms in total. The predicted molar refractivity (Wildman–Crippen MR) is 68.7 cm³/mol. The van der Waals surface area contributed by atoms with Crippen LogP contribution in [0.25, 0.3) is 0 Å². The van der Waals surface area contributed by atoms with Crippen LogP contribution in [0.2, 0.25) is 0 Å². The van der Waals surface area contributed by atoms with E-state index in [1.807, 2.05) is 0 Å². The molecule has 0 atom stereocenters. The standard InChI is InChI=1S/C13H15NO2S/c1-15-11-4-10(7-14)5-12(6-11)16-8-13(9-17)2-3-13/h4-6,17H,2-3,8-9H2,1H3. The highest BCUT2D eigenvalue weighted by Gasteiger charge is 2.42. The Labute approximate surface area is 107 Å². The third kappa shape index (κ3) is 2.86. The zero-order valence-corrected chi connectivity index (χ0v) is 10.7. The monoisotopic (exact) mass is 249 g/mol. The smallest absolute Gasteiger partial charge is 0.124 e. The SMILES string of the molecule is COc1cc(C#N)cc(OCC2(CS)CC2)c1. The first kappa shape index (κ1) is 12.1. The molecule has 0 radical (unpaired) electrons. The van der Waals surface area contributed by atoms with Gasteiger partial charge < -0.3 is 9.47 Å². The van der Waals surface area contributed by atoms with Crippen LogP contribution in [0.3, 0.4) is 0 Å². The third-order valence-corrected chi connectivity index (χ3v) is 3.75. The van der Waals surface area contributed by atoms with Gasteiger partial charge in [-0.25, -0.2) is 0 Å². The lowest BCUT2D eigenvalue weighted by atomic mass is 10.1. The second-order valence-corrected chi connectivity index (χ2v) is 4.77. The van der Waals surface area contributed by atoms with Gasteiger partial charge in [-0.1, -0.05) is 0 Å². The molecule has 0 aromatic heterocycles. The van der Waals surface area contributed by atoms with Gasteiger partial charge in [0.2, 0.25) is 0 Å². The fraction of sp³-hybridized carbons (Fsp3) is 0.462. The van der Waals surface area contributed by atoms with Crippen LogP contribution in [0.4, 0.5) is 0 Å². The molecule has 0 spiro atoms. The van der Waals surface area contributed by atoms with Crippen LogP contribution in [0, 0.1) is 16.7 Å². The van der Waals surface area contributed by atoms with Crippen LogP contribution in [0.5, 0.6) is 11.5 Å². The average molecular weight is 249 g/mol. The number of thiol groups is 1. The summed E-state index contributed by atoms with van der Waals surface area (Å²) in [7, 11) is 1.58. The molecule has 0 heterocycles. The highest BCUT2D eigenvalue weighted by molar-refractivity contribution is 7.80. The molecule has 0 aliphatic heterocycles. The molecule has 0 bridgehead atoms. The first-order valence-electron chi connectivity index (χ1n) is 5.54. The lowest BCUT2D eigenvalue weighted by molar-refractivity contribution is 0.249. The molecule has 2 rings (SSSR count). The van der Waals surface area contributed by atoms with Crippen LogP contribution < -0.4 is 9.47 Å². The highest BCUT2D eigenvalue weighted by atomic mass is 32.1. The van der Waals surface area contributed by atoms with E-state index in [9.17, 15) is 0 Å². The Hall–Kier alpha value is -1.34. The molecule has 0 saturated heterocycles. The second-order valence-electron chi connectivity index (χ2n) is 4.46. The minimum Gasteiger partial charge on any atom is -0.497 e. The van der Waals surface area contributed by atoms with Gasteiger partial charge in [-0.05, 0) is 30.7 Å². The number of nitriles is 1. The highest BCUT2D eigenvalue weighted by Crippen LogP contribution is 2.46. The molecule has 0 N–H and O–H groups in total. The summed E-state index contributed by atoms with van der Waals surface area (Å²) in [6.45, 7) is 0.661. The fourth-order valence-electron chi connectivity index (χ4n) is 1.60. The molecular weight excluding hydrogens is 234 g/mol. The summed E-state index contributed by atoms with van der Waals surface area (Å²) in [6, 6.07) is 7.32. The van der Waals surface area contributed by atoms with E-state index in [-0.39, 0.29) is 5.41 Å². The first-order valence-corrected chi connectivity index (χ1v) is 6.17. The molecule has 17 heavy (non-hydrogen) atoms. The lowest BCUT2D eigenvalue weighted by Crippen LogP contribution is -2.14. The van der Waals surface area contributed by atoms with Crippen molar-refractivity contribution in [3.05, 3.63) is 23.8 Å². The van der Waals surface area contributed by atoms with E-state index in [1.165, 1.54) is 12.8 Å². The minimum absolute atomic E-state index is 0.249. The van der Waals surface area contributed by atoms with Crippen LogP contribution >= 0.6 is 12.6 Å². The minimum atomic E-state index is 0.249. The van der Waals surface area contributed by atoms with Gasteiger partial charge >= 0.3 is 0 Å². The number of benzene rings is 1. The molecular formula is C13H15NO2S. The van der Waals surface area contributed by atoms with Gasteiger partial charge in [0.1, 0.15) is 11.5 Å². The van der Waals surface area contributed by atoms with Crippen LogP contribution in [-0.4, -0.2) is 19.5 Å². The Morgan fingerprint density at radius 1 is 1.35 bits per heavy atom. The summed E-state index contributed by atoms with van der Waals surface area (Å²) in [4.78, 5) is 0. The molecule has 1 aromatic rings. The van der Waals surface area contributed by atoms with Crippen molar-refractivity contribution in [2.45, 2.75) is 12.8 Å². The molecule has 90 valence electrons. The number of rotatable bonds is 5. The van der Waals surface area contributed by atoms with Crippen molar-refractivity contribution in [1.82, 2.24) is 0 Å². The number of methoxy groups -OCH3 is 1. The van der Waals surface area contributed by atoms with E-state index in [4.69, 9.17) is 14.7 Å². The summed E-state index contributed by atoms with van der Waals surface area (Å²) in [5.74, 6) is 2.19. The van der Waals surface area contributed by atoms with Crippen LogP contribution in [-0.2, 0) is 0 Å². The quantitative estimate of drug-likeness (QED) is 0.816. The Bertz CT molecular complexity index is 449. The van der Waals surface area contributed by atoms with E-state index in [1.54, 1.807) is 25.3 Å². The van der Waals surface area contributed by atoms with Crippen molar-refractivity contribution >= 4 is 12.6 Å².